The van der Waals surface area contributed by atoms with Crippen molar-refractivity contribution in [1.82, 2.24) is 0 Å². The van der Waals surface area contributed by atoms with Gasteiger partial charge in [-0.15, -0.1) is 0 Å². The Hall–Kier alpha value is 2.02. The second kappa shape index (κ2) is 10.1. The van der Waals surface area contributed by atoms with Crippen molar-refractivity contribution in [3.8, 4) is 0 Å². The Balaban J connectivity index is -0.0000000450. The van der Waals surface area contributed by atoms with Gasteiger partial charge in [0, 0.05) is 0 Å². The Morgan fingerprint density at radius 1 is 1.00 bits per heavy atom. The van der Waals surface area contributed by atoms with Crippen LogP contribution in [0.15, 0.2) is 0 Å². The quantitative estimate of drug-likeness (QED) is 0.325. The van der Waals surface area contributed by atoms with Gasteiger partial charge in [-0.3, -0.25) is 7.32 Å². The second-order valence-electron chi connectivity index (χ2n) is 0.289. The molecule has 0 aliphatic carbocycles. The third-order valence-electron chi connectivity index (χ3n) is 0. The van der Waals surface area contributed by atoms with E-state index < -0.39 is 7.32 Å². The molecule has 0 aliphatic rings. The van der Waals surface area contributed by atoms with Crippen LogP contribution in [0.25, 0.3) is 0 Å². The molecule has 0 saturated carbocycles. The van der Waals surface area contributed by atoms with E-state index in [0.29, 0.717) is 0 Å². The van der Waals surface area contributed by atoms with E-state index in [1.807, 2.05) is 0 Å². The third-order valence-corrected chi connectivity index (χ3v) is 0. The predicted molar refractivity (Wildman–Crippen MR) is 11.5 cm³/mol. The Morgan fingerprint density at radius 3 is 1.00 bits per heavy atom. The zero-order chi connectivity index (χ0) is 3.58. The molecule has 0 spiro atoms. The average molecular weight is 153 g/mol. The molecule has 0 saturated heterocycles. The van der Waals surface area contributed by atoms with E-state index in [2.05, 4.69) is 0 Å². The van der Waals surface area contributed by atoms with Crippen molar-refractivity contribution in [3.05, 3.63) is 0 Å². The molecule has 0 aromatic carbocycles. The zero-order valence-corrected chi connectivity index (χ0v) is 6.99. The second-order valence-corrected chi connectivity index (χ2v) is 0.289. The third kappa shape index (κ3) is 37.1. The van der Waals surface area contributed by atoms with Crippen molar-refractivity contribution >= 4 is 52.8 Å². The van der Waals surface area contributed by atoms with Gasteiger partial charge in [-0.2, -0.15) is 0 Å². The van der Waals surface area contributed by atoms with Gasteiger partial charge in [0.1, 0.15) is 0 Å². The minimum atomic E-state index is -2.92. The van der Waals surface area contributed by atoms with Crippen molar-refractivity contribution in [2.24, 2.45) is 0 Å². The summed E-state index contributed by atoms with van der Waals surface area (Å²) < 4.78 is 0. The van der Waals surface area contributed by atoms with Gasteiger partial charge in [-0.05, 0) is 0 Å². The van der Waals surface area contributed by atoms with Crippen molar-refractivity contribution < 1.29 is 33.9 Å². The van der Waals surface area contributed by atoms with E-state index in [1.54, 1.807) is 0 Å². The standard InChI is InChI=1S/BO3.Li.Sr/c2-1(3)4;;/q-3;+1;+2. The van der Waals surface area contributed by atoms with Crippen LogP contribution in [0.2, 0.25) is 0 Å². The predicted octanol–water partition coefficient (Wildman–Crippen LogP) is -7.32. The average Bonchev–Trinajstić information content (AvgIpc) is 0.811. The smallest absolute Gasteiger partial charge is 0.907 e. The van der Waals surface area contributed by atoms with E-state index in [4.69, 9.17) is 15.1 Å². The molecule has 6 heavy (non-hydrogen) atoms. The topological polar surface area (TPSA) is 69.2 Å². The van der Waals surface area contributed by atoms with Crippen LogP contribution >= 0.6 is 0 Å². The molecule has 0 unspecified atom stereocenters. The van der Waals surface area contributed by atoms with Gasteiger partial charge in [0.05, 0.1) is 0 Å². The summed E-state index contributed by atoms with van der Waals surface area (Å²) in [7, 11) is -2.92. The molecular formula is BLiO3Sr. The number of rotatable bonds is 0. The molecule has 0 aliphatic heterocycles. The molecule has 0 bridgehead atoms. The van der Waals surface area contributed by atoms with Crippen LogP contribution in [0.1, 0.15) is 0 Å². The van der Waals surface area contributed by atoms with Crippen LogP contribution in [-0.4, -0.2) is 52.8 Å². The summed E-state index contributed by atoms with van der Waals surface area (Å²) in [5.41, 5.74) is 0. The van der Waals surface area contributed by atoms with Gasteiger partial charge in [0.25, 0.3) is 0 Å². The van der Waals surface area contributed by atoms with Crippen molar-refractivity contribution in [2.75, 3.05) is 0 Å². The molecule has 0 N–H and O–H groups in total. The van der Waals surface area contributed by atoms with Crippen LogP contribution < -0.4 is 33.9 Å². The van der Waals surface area contributed by atoms with Crippen LogP contribution in [0, 0.1) is 0 Å². The van der Waals surface area contributed by atoms with Crippen molar-refractivity contribution in [3.63, 3.8) is 0 Å². The van der Waals surface area contributed by atoms with Gasteiger partial charge < -0.3 is 15.1 Å². The Morgan fingerprint density at radius 2 is 1.00 bits per heavy atom. The van der Waals surface area contributed by atoms with E-state index in [0.717, 1.165) is 0 Å². The van der Waals surface area contributed by atoms with Crippen LogP contribution in [0.3, 0.4) is 0 Å². The first-order chi connectivity index (χ1) is 1.73. The summed E-state index contributed by atoms with van der Waals surface area (Å²) in [6.07, 6.45) is 0. The summed E-state index contributed by atoms with van der Waals surface area (Å²) in [5, 5.41) is 25.2. The van der Waals surface area contributed by atoms with Gasteiger partial charge in [0.2, 0.25) is 0 Å². The molecular weight excluding hydrogens is 153 g/mol. The number of hydrogen-bond donors (Lipinski definition) is 0. The van der Waals surface area contributed by atoms with Crippen LogP contribution in [-0.2, 0) is 0 Å². The van der Waals surface area contributed by atoms with Crippen LogP contribution in [0.4, 0.5) is 0 Å². The first kappa shape index (κ1) is 15.7. The first-order valence-corrected chi connectivity index (χ1v) is 0.707. The summed E-state index contributed by atoms with van der Waals surface area (Å²) in [6.45, 7) is 0. The Labute approximate surface area is 85.4 Å². The van der Waals surface area contributed by atoms with Gasteiger partial charge in [-0.25, -0.2) is 0 Å². The Kier molecular flexibility index (Phi) is 26.4. The number of hydrogen-bond acceptors (Lipinski definition) is 3. The molecule has 0 atom stereocenters. The summed E-state index contributed by atoms with van der Waals surface area (Å²) in [6, 6.07) is 0. The maximum atomic E-state index is 8.42. The van der Waals surface area contributed by atoms with Gasteiger partial charge in [-0.1, -0.05) is 0 Å². The molecule has 0 rings (SSSR count). The molecule has 0 radical (unpaired) electrons. The Bertz CT molecular complexity index is 15.5. The molecule has 24 valence electrons. The fraction of sp³-hybridized carbons (Fsp3) is 0. The van der Waals surface area contributed by atoms with Crippen molar-refractivity contribution in [1.29, 1.82) is 0 Å². The molecule has 0 aromatic heterocycles. The SMILES string of the molecule is [Li+].[O-]B([O-])[O-].[Sr+2]. The first-order valence-electron chi connectivity index (χ1n) is 0.707. The normalized spacial score (nSPS) is 4.50. The zero-order valence-electron chi connectivity index (χ0n) is 3.51. The van der Waals surface area contributed by atoms with Gasteiger partial charge in [0.15, 0.2) is 0 Å². The van der Waals surface area contributed by atoms with Crippen LogP contribution in [0.5, 0.6) is 0 Å². The van der Waals surface area contributed by atoms with E-state index >= 15 is 0 Å². The molecule has 3 nitrogen and oxygen atoms in total. The largest absolute Gasteiger partial charge is 2.00 e. The molecule has 0 fully saturated rings. The summed E-state index contributed by atoms with van der Waals surface area (Å²) in [4.78, 5) is 0. The molecule has 6 heteroatoms. The van der Waals surface area contributed by atoms with Crippen molar-refractivity contribution in [2.45, 2.75) is 0 Å². The summed E-state index contributed by atoms with van der Waals surface area (Å²) in [5.74, 6) is 0. The van der Waals surface area contributed by atoms with E-state index in [-0.39, 0.29) is 64.3 Å². The van der Waals surface area contributed by atoms with E-state index in [1.165, 1.54) is 0 Å². The fourth-order valence-corrected chi connectivity index (χ4v) is 0. The molecule has 0 amide bonds. The maximum Gasteiger partial charge on any atom is 2.00 e. The monoisotopic (exact) mass is 154 g/mol. The maximum absolute atomic E-state index is 8.42. The molecule has 0 aromatic rings. The minimum absolute atomic E-state index is 0. The molecule has 0 heterocycles. The summed E-state index contributed by atoms with van der Waals surface area (Å²) >= 11 is 0. The van der Waals surface area contributed by atoms with E-state index in [9.17, 15) is 0 Å². The van der Waals surface area contributed by atoms with Gasteiger partial charge >= 0.3 is 64.3 Å². The minimum Gasteiger partial charge on any atom is -0.907 e. The fourth-order valence-electron chi connectivity index (χ4n) is 0.